The molecular formula is C16H27N3O3S. The largest absolute Gasteiger partial charge is 0.339 e. The van der Waals surface area contributed by atoms with Crippen LogP contribution in [0, 0.1) is 5.41 Å². The molecule has 0 N–H and O–H groups in total. The Hall–Kier alpha value is -1.24. The predicted molar refractivity (Wildman–Crippen MR) is 90.9 cm³/mol. The van der Waals surface area contributed by atoms with Gasteiger partial charge in [0.15, 0.2) is 0 Å². The van der Waals surface area contributed by atoms with E-state index in [1.165, 1.54) is 0 Å². The minimum Gasteiger partial charge on any atom is -0.339 e. The van der Waals surface area contributed by atoms with Gasteiger partial charge in [-0.25, -0.2) is 0 Å². The van der Waals surface area contributed by atoms with Gasteiger partial charge in [-0.1, -0.05) is 27.7 Å². The summed E-state index contributed by atoms with van der Waals surface area (Å²) in [7, 11) is 0. The monoisotopic (exact) mass is 341 g/mol. The second kappa shape index (κ2) is 7.11. The van der Waals surface area contributed by atoms with Crippen molar-refractivity contribution < 1.29 is 14.4 Å². The van der Waals surface area contributed by atoms with Gasteiger partial charge in [-0.3, -0.25) is 14.4 Å². The van der Waals surface area contributed by atoms with Crippen molar-refractivity contribution in [1.29, 1.82) is 0 Å². The Morgan fingerprint density at radius 3 is 2.13 bits per heavy atom. The molecule has 1 atom stereocenters. The minimum absolute atomic E-state index is 0.0243. The van der Waals surface area contributed by atoms with Crippen molar-refractivity contribution in [2.24, 2.45) is 5.41 Å². The fourth-order valence-electron chi connectivity index (χ4n) is 2.89. The zero-order chi connectivity index (χ0) is 17.2. The van der Waals surface area contributed by atoms with Gasteiger partial charge in [-0.15, -0.1) is 11.8 Å². The molecule has 0 aromatic carbocycles. The number of rotatable bonds is 2. The Bertz CT molecular complexity index is 481. The van der Waals surface area contributed by atoms with Crippen molar-refractivity contribution in [1.82, 2.24) is 14.7 Å². The summed E-state index contributed by atoms with van der Waals surface area (Å²) in [5, 5.41) is 0. The van der Waals surface area contributed by atoms with Gasteiger partial charge in [-0.05, 0) is 0 Å². The average Bonchev–Trinajstić information content (AvgIpc) is 3.01. The van der Waals surface area contributed by atoms with E-state index in [1.54, 1.807) is 21.6 Å². The van der Waals surface area contributed by atoms with E-state index in [4.69, 9.17) is 0 Å². The van der Waals surface area contributed by atoms with E-state index in [2.05, 4.69) is 0 Å². The van der Waals surface area contributed by atoms with E-state index < -0.39 is 5.41 Å². The highest BCUT2D eigenvalue weighted by Gasteiger charge is 2.41. The maximum atomic E-state index is 12.8. The first-order chi connectivity index (χ1) is 10.8. The Labute approximate surface area is 142 Å². The van der Waals surface area contributed by atoms with Crippen molar-refractivity contribution in [3.63, 3.8) is 0 Å². The van der Waals surface area contributed by atoms with E-state index in [-0.39, 0.29) is 23.8 Å². The summed E-state index contributed by atoms with van der Waals surface area (Å²) in [6.07, 6.45) is 0.501. The van der Waals surface area contributed by atoms with Crippen molar-refractivity contribution in [3.8, 4) is 0 Å². The molecule has 0 aliphatic carbocycles. The molecule has 0 saturated carbocycles. The van der Waals surface area contributed by atoms with Crippen LogP contribution in [-0.2, 0) is 14.4 Å². The molecule has 2 aliphatic rings. The third-order valence-corrected chi connectivity index (χ3v) is 5.33. The molecule has 0 radical (unpaired) electrons. The van der Waals surface area contributed by atoms with Gasteiger partial charge in [0.1, 0.15) is 6.04 Å². The standard InChI is InChI=1S/C16H27N3O3S/c1-5-13(20)17-6-8-18(9-7-17)14(21)12-10-23-11-19(12)15(22)16(2,3)4/h12H,5-11H2,1-4H3/t12-/m1/s1. The second-order valence-electron chi connectivity index (χ2n) is 7.10. The first-order valence-electron chi connectivity index (χ1n) is 8.21. The SMILES string of the molecule is CCC(=O)N1CCN(C(=O)[C@H]2CSCN2C(=O)C(C)(C)C)CC1. The van der Waals surface area contributed by atoms with Gasteiger partial charge >= 0.3 is 0 Å². The van der Waals surface area contributed by atoms with Crippen LogP contribution >= 0.6 is 11.8 Å². The van der Waals surface area contributed by atoms with Gasteiger partial charge in [0.05, 0.1) is 5.88 Å². The Morgan fingerprint density at radius 2 is 1.61 bits per heavy atom. The molecule has 2 fully saturated rings. The average molecular weight is 341 g/mol. The van der Waals surface area contributed by atoms with Gasteiger partial charge < -0.3 is 14.7 Å². The van der Waals surface area contributed by atoms with Crippen molar-refractivity contribution >= 4 is 29.5 Å². The maximum absolute atomic E-state index is 12.8. The van der Waals surface area contributed by atoms with Crippen molar-refractivity contribution in [3.05, 3.63) is 0 Å². The molecule has 2 saturated heterocycles. The summed E-state index contributed by atoms with van der Waals surface area (Å²) in [4.78, 5) is 42.4. The molecular weight excluding hydrogens is 314 g/mol. The molecule has 2 aliphatic heterocycles. The van der Waals surface area contributed by atoms with E-state index in [1.807, 2.05) is 32.6 Å². The lowest BCUT2D eigenvalue weighted by molar-refractivity contribution is -0.149. The van der Waals surface area contributed by atoms with Crippen LogP contribution in [0.2, 0.25) is 0 Å². The highest BCUT2D eigenvalue weighted by Crippen LogP contribution is 2.28. The topological polar surface area (TPSA) is 60.9 Å². The number of carbonyl (C=O) groups is 3. The summed E-state index contributed by atoms with van der Waals surface area (Å²) >= 11 is 1.63. The third kappa shape index (κ3) is 4.00. The van der Waals surface area contributed by atoms with Crippen LogP contribution in [0.3, 0.4) is 0 Å². The lowest BCUT2D eigenvalue weighted by atomic mass is 9.94. The molecule has 0 spiro atoms. The van der Waals surface area contributed by atoms with E-state index in [0.717, 1.165) is 0 Å². The van der Waals surface area contributed by atoms with Crippen LogP contribution in [-0.4, -0.2) is 76.3 Å². The van der Waals surface area contributed by atoms with Gasteiger partial charge in [0, 0.05) is 43.8 Å². The number of amides is 3. The van der Waals surface area contributed by atoms with Crippen LogP contribution in [0.15, 0.2) is 0 Å². The summed E-state index contributed by atoms with van der Waals surface area (Å²) in [5.41, 5.74) is -0.477. The van der Waals surface area contributed by atoms with Gasteiger partial charge in [0.2, 0.25) is 17.7 Å². The molecule has 23 heavy (non-hydrogen) atoms. The fourth-order valence-corrected chi connectivity index (χ4v) is 4.03. The summed E-state index contributed by atoms with van der Waals surface area (Å²) in [5.74, 6) is 1.44. The molecule has 0 bridgehead atoms. The molecule has 7 heteroatoms. The molecule has 2 rings (SSSR count). The van der Waals surface area contributed by atoms with Crippen molar-refractivity contribution in [2.45, 2.75) is 40.2 Å². The Balaban J connectivity index is 1.98. The molecule has 0 aromatic heterocycles. The molecule has 0 unspecified atom stereocenters. The Morgan fingerprint density at radius 1 is 1.04 bits per heavy atom. The third-order valence-electron chi connectivity index (χ3n) is 4.32. The lowest BCUT2D eigenvalue weighted by Gasteiger charge is -2.38. The molecule has 3 amide bonds. The van der Waals surface area contributed by atoms with Gasteiger partial charge in [-0.2, -0.15) is 0 Å². The number of thioether (sulfide) groups is 1. The molecule has 6 nitrogen and oxygen atoms in total. The Kier molecular flexibility index (Phi) is 5.60. The molecule has 2 heterocycles. The van der Waals surface area contributed by atoms with E-state index in [9.17, 15) is 14.4 Å². The van der Waals surface area contributed by atoms with E-state index >= 15 is 0 Å². The zero-order valence-corrected chi connectivity index (χ0v) is 15.3. The highest BCUT2D eigenvalue weighted by atomic mass is 32.2. The first kappa shape index (κ1) is 18.1. The fraction of sp³-hybridized carbons (Fsp3) is 0.812. The smallest absolute Gasteiger partial charge is 0.246 e. The second-order valence-corrected chi connectivity index (χ2v) is 8.10. The van der Waals surface area contributed by atoms with Crippen LogP contribution in [0.25, 0.3) is 0 Å². The van der Waals surface area contributed by atoms with E-state index in [0.29, 0.717) is 44.2 Å². The predicted octanol–water partition coefficient (Wildman–Crippen LogP) is 1.01. The van der Waals surface area contributed by atoms with Crippen molar-refractivity contribution in [2.75, 3.05) is 37.8 Å². The zero-order valence-electron chi connectivity index (χ0n) is 14.5. The number of piperazine rings is 1. The number of nitrogens with zero attached hydrogens (tertiary/aromatic N) is 3. The minimum atomic E-state index is -0.477. The summed E-state index contributed by atoms with van der Waals surface area (Å²) in [6.45, 7) is 9.80. The number of hydrogen-bond acceptors (Lipinski definition) is 4. The molecule has 130 valence electrons. The normalized spacial score (nSPS) is 22.4. The van der Waals surface area contributed by atoms with Crippen LogP contribution in [0.5, 0.6) is 0 Å². The summed E-state index contributed by atoms with van der Waals surface area (Å²) in [6, 6.07) is -0.361. The highest BCUT2D eigenvalue weighted by molar-refractivity contribution is 7.99. The first-order valence-corrected chi connectivity index (χ1v) is 9.36. The quantitative estimate of drug-likeness (QED) is 0.752. The number of carbonyl (C=O) groups excluding carboxylic acids is 3. The van der Waals surface area contributed by atoms with Crippen LogP contribution < -0.4 is 0 Å². The van der Waals surface area contributed by atoms with Crippen LogP contribution in [0.1, 0.15) is 34.1 Å². The number of hydrogen-bond donors (Lipinski definition) is 0. The summed E-state index contributed by atoms with van der Waals surface area (Å²) < 4.78 is 0. The molecule has 0 aromatic rings. The maximum Gasteiger partial charge on any atom is 0.246 e. The van der Waals surface area contributed by atoms with Crippen LogP contribution in [0.4, 0.5) is 0 Å². The lowest BCUT2D eigenvalue weighted by Crippen LogP contribution is -2.56. The van der Waals surface area contributed by atoms with Gasteiger partial charge in [0.25, 0.3) is 0 Å².